The Labute approximate surface area is 139 Å². The third-order valence-corrected chi connectivity index (χ3v) is 1.00. The van der Waals surface area contributed by atoms with Crippen LogP contribution < -0.4 is 0 Å². The van der Waals surface area contributed by atoms with Crippen molar-refractivity contribution in [3.8, 4) is 0 Å². The Bertz CT molecular complexity index is 263. The van der Waals surface area contributed by atoms with Crippen molar-refractivity contribution in [1.29, 1.82) is 0 Å². The molecule has 0 heterocycles. The minimum atomic E-state index is -1.83. The van der Waals surface area contributed by atoms with Crippen molar-refractivity contribution in [3.63, 3.8) is 0 Å². The quantitative estimate of drug-likeness (QED) is 0.393. The van der Waals surface area contributed by atoms with Gasteiger partial charge in [0, 0.05) is 0 Å². The van der Waals surface area contributed by atoms with Crippen molar-refractivity contribution in [1.82, 2.24) is 0 Å². The van der Waals surface area contributed by atoms with Crippen molar-refractivity contribution in [2.45, 2.75) is 69.2 Å². The maximum absolute atomic E-state index is 10.1. The second kappa shape index (κ2) is 24.6. The molecule has 0 bridgehead atoms. The summed E-state index contributed by atoms with van der Waals surface area (Å²) < 4.78 is 20.3. The summed E-state index contributed by atoms with van der Waals surface area (Å²) in [6.07, 6.45) is -1.83. The summed E-state index contributed by atoms with van der Waals surface area (Å²) in [6.45, 7) is 33.2. The summed E-state index contributed by atoms with van der Waals surface area (Å²) in [4.78, 5) is 0. The van der Waals surface area contributed by atoms with Gasteiger partial charge in [-0.3, -0.25) is 0 Å². The molecule has 0 radical (unpaired) electrons. The van der Waals surface area contributed by atoms with E-state index in [9.17, 15) is 8.78 Å². The molecular weight excluding hydrogens is 278 g/mol. The van der Waals surface area contributed by atoms with Crippen LogP contribution in [0.25, 0.3) is 0 Å². The summed E-state index contributed by atoms with van der Waals surface area (Å²) >= 11 is 0. The summed E-state index contributed by atoms with van der Waals surface area (Å²) in [6, 6.07) is 0. The van der Waals surface area contributed by atoms with Crippen LogP contribution in [0, 0.1) is 0 Å². The van der Waals surface area contributed by atoms with Crippen LogP contribution in [0.5, 0.6) is 0 Å². The lowest BCUT2D eigenvalue weighted by molar-refractivity contribution is 0.426. The lowest BCUT2D eigenvalue weighted by Gasteiger charge is -1.88. The first-order valence-electron chi connectivity index (χ1n) is 7.04. The normalized spacial score (nSPS) is 6.91. The van der Waals surface area contributed by atoms with Gasteiger partial charge in [-0.1, -0.05) is 27.9 Å². The Hall–Kier alpha value is -1.44. The van der Waals surface area contributed by atoms with Gasteiger partial charge in [0.05, 0.1) is 0 Å². The first-order valence-corrected chi connectivity index (χ1v) is 7.04. The van der Waals surface area contributed by atoms with Gasteiger partial charge < -0.3 is 0 Å². The van der Waals surface area contributed by atoms with E-state index in [2.05, 4.69) is 54.0 Å². The van der Waals surface area contributed by atoms with E-state index in [1.54, 1.807) is 0 Å². The Morgan fingerprint density at radius 1 is 0.455 bits per heavy atom. The Morgan fingerprint density at radius 2 is 0.500 bits per heavy atom. The summed E-state index contributed by atoms with van der Waals surface area (Å²) in [5, 5.41) is 0. The van der Waals surface area contributed by atoms with Crippen LogP contribution in [-0.4, -0.2) is 0 Å². The first kappa shape index (κ1) is 32.5. The van der Waals surface area contributed by atoms with Crippen LogP contribution in [-0.2, 0) is 0 Å². The standard InChI is InChI=1S/C6H12.3C4H8.C2H2F2/c1-5(2)6(3)4;3*1-4(2)3;1-2(3)4/h1-4H3;3*1H2,2-3H3;1H2. The molecule has 0 saturated carbocycles. The van der Waals surface area contributed by atoms with Crippen LogP contribution in [0.3, 0.4) is 0 Å². The highest BCUT2D eigenvalue weighted by Gasteiger charge is 1.75. The molecule has 132 valence electrons. The van der Waals surface area contributed by atoms with Gasteiger partial charge in [-0.15, -0.1) is 19.7 Å². The van der Waals surface area contributed by atoms with Gasteiger partial charge in [0.25, 0.3) is 6.08 Å². The van der Waals surface area contributed by atoms with Crippen molar-refractivity contribution < 1.29 is 8.78 Å². The van der Waals surface area contributed by atoms with Gasteiger partial charge in [-0.25, -0.2) is 0 Å². The fourth-order valence-corrected chi connectivity index (χ4v) is 0. The fourth-order valence-electron chi connectivity index (χ4n) is 0. The monoisotopic (exact) mass is 316 g/mol. The number of halogens is 2. The zero-order chi connectivity index (χ0) is 19.5. The van der Waals surface area contributed by atoms with E-state index in [1.807, 2.05) is 41.5 Å². The van der Waals surface area contributed by atoms with Crippen molar-refractivity contribution in [2.75, 3.05) is 0 Å². The molecule has 0 nitrogen and oxygen atoms in total. The molecule has 0 unspecified atom stereocenters. The maximum atomic E-state index is 10.1. The van der Waals surface area contributed by atoms with E-state index in [0.29, 0.717) is 0 Å². The molecule has 0 rings (SSSR count). The molecule has 0 aromatic rings. The maximum Gasteiger partial charge on any atom is 0.263 e. The number of allylic oxidation sites excluding steroid dienone is 5. The van der Waals surface area contributed by atoms with E-state index in [1.165, 1.54) is 27.9 Å². The second-order valence-electron chi connectivity index (χ2n) is 5.96. The molecular formula is C20H38F2. The van der Waals surface area contributed by atoms with Crippen molar-refractivity contribution in [3.05, 3.63) is 60.3 Å². The van der Waals surface area contributed by atoms with Gasteiger partial charge in [0.1, 0.15) is 0 Å². The molecule has 0 atom stereocenters. The summed E-state index contributed by atoms with van der Waals surface area (Å²) in [5.41, 5.74) is 6.35. The van der Waals surface area contributed by atoms with E-state index >= 15 is 0 Å². The van der Waals surface area contributed by atoms with E-state index in [4.69, 9.17) is 0 Å². The van der Waals surface area contributed by atoms with Crippen LogP contribution in [0.15, 0.2) is 60.3 Å². The van der Waals surface area contributed by atoms with Crippen LogP contribution in [0.1, 0.15) is 69.2 Å². The molecule has 22 heavy (non-hydrogen) atoms. The lowest BCUT2D eigenvalue weighted by atomic mass is 10.2. The molecule has 0 aromatic heterocycles. The topological polar surface area (TPSA) is 0 Å². The third-order valence-electron chi connectivity index (χ3n) is 1.00. The summed E-state index contributed by atoms with van der Waals surface area (Å²) in [5.74, 6) is 0. The molecule has 2 heteroatoms. The Morgan fingerprint density at radius 3 is 0.500 bits per heavy atom. The van der Waals surface area contributed by atoms with Gasteiger partial charge in [-0.2, -0.15) is 8.78 Å². The fraction of sp³-hybridized carbons (Fsp3) is 0.500. The van der Waals surface area contributed by atoms with Crippen molar-refractivity contribution in [2.24, 2.45) is 0 Å². The van der Waals surface area contributed by atoms with E-state index in [0.717, 1.165) is 0 Å². The molecule has 0 N–H and O–H groups in total. The molecule has 0 amide bonds. The van der Waals surface area contributed by atoms with E-state index < -0.39 is 6.08 Å². The molecule has 0 aliphatic carbocycles. The average molecular weight is 317 g/mol. The zero-order valence-corrected chi connectivity index (χ0v) is 16.6. The number of hydrogen-bond donors (Lipinski definition) is 0. The van der Waals surface area contributed by atoms with E-state index in [-0.39, 0.29) is 0 Å². The SMILES string of the molecule is C=C(C)C.C=C(C)C.C=C(C)C.C=C(F)F.CC(C)=C(C)C. The third kappa shape index (κ3) is 873. The van der Waals surface area contributed by atoms with Crippen molar-refractivity contribution >= 4 is 0 Å². The van der Waals surface area contributed by atoms with Gasteiger partial charge in [-0.05, 0) is 75.8 Å². The highest BCUT2D eigenvalue weighted by molar-refractivity contribution is 5.02. The predicted molar refractivity (Wildman–Crippen MR) is 103 cm³/mol. The Kier molecular flexibility index (Phi) is 36.3. The average Bonchev–Trinajstić information content (AvgIpc) is 2.12. The molecule has 0 spiro atoms. The molecule has 0 saturated heterocycles. The lowest BCUT2D eigenvalue weighted by Crippen LogP contribution is -1.66. The highest BCUT2D eigenvalue weighted by Crippen LogP contribution is 1.97. The smallest absolute Gasteiger partial charge is 0.174 e. The second-order valence-corrected chi connectivity index (χ2v) is 5.96. The highest BCUT2D eigenvalue weighted by atomic mass is 19.3. The molecule has 0 aliphatic heterocycles. The number of rotatable bonds is 0. The predicted octanol–water partition coefficient (Wildman–Crippen LogP) is 8.51. The molecule has 0 aliphatic rings. The first-order chi connectivity index (χ1) is 9.57. The zero-order valence-electron chi connectivity index (χ0n) is 16.6. The van der Waals surface area contributed by atoms with Gasteiger partial charge in [0.2, 0.25) is 0 Å². The van der Waals surface area contributed by atoms with Crippen LogP contribution in [0.2, 0.25) is 0 Å². The summed E-state index contributed by atoms with van der Waals surface area (Å²) in [7, 11) is 0. The largest absolute Gasteiger partial charge is 0.263 e. The van der Waals surface area contributed by atoms with Gasteiger partial charge >= 0.3 is 0 Å². The van der Waals surface area contributed by atoms with Gasteiger partial charge in [0.15, 0.2) is 0 Å². The van der Waals surface area contributed by atoms with Crippen LogP contribution >= 0.6 is 0 Å². The van der Waals surface area contributed by atoms with Crippen LogP contribution in [0.4, 0.5) is 8.78 Å². The Balaban J connectivity index is -0.0000000555. The number of hydrogen-bond acceptors (Lipinski definition) is 0. The molecule has 0 aromatic carbocycles. The molecule has 0 fully saturated rings. The minimum Gasteiger partial charge on any atom is -0.174 e. The minimum absolute atomic E-state index is 1.17.